The van der Waals surface area contributed by atoms with E-state index >= 15 is 0 Å². The first-order valence-electron chi connectivity index (χ1n) is 6.75. The molecule has 1 aliphatic carbocycles. The first kappa shape index (κ1) is 14.2. The van der Waals surface area contributed by atoms with E-state index in [1.807, 2.05) is 0 Å². The van der Waals surface area contributed by atoms with Gasteiger partial charge in [0.05, 0.1) is 5.25 Å². The van der Waals surface area contributed by atoms with Crippen molar-refractivity contribution >= 4 is 10.8 Å². The minimum absolute atomic E-state index is 0.393. The summed E-state index contributed by atoms with van der Waals surface area (Å²) >= 11 is 0. The lowest BCUT2D eigenvalue weighted by molar-refractivity contribution is 0.473. The molecule has 3 atom stereocenters. The molecule has 16 heavy (non-hydrogen) atoms. The molecule has 1 aliphatic rings. The normalized spacial score (nSPS) is 29.0. The predicted molar refractivity (Wildman–Crippen MR) is 72.2 cm³/mol. The quantitative estimate of drug-likeness (QED) is 0.755. The Morgan fingerprint density at radius 2 is 1.94 bits per heavy atom. The Balaban J connectivity index is 2.59. The van der Waals surface area contributed by atoms with Gasteiger partial charge in [-0.05, 0) is 25.3 Å². The van der Waals surface area contributed by atoms with Crippen LogP contribution in [0.1, 0.15) is 52.9 Å². The van der Waals surface area contributed by atoms with Gasteiger partial charge in [0, 0.05) is 22.6 Å². The molecule has 0 aromatic carbocycles. The Bertz CT molecular complexity index is 218. The number of hydrogen-bond donors (Lipinski definition) is 1. The minimum atomic E-state index is -0.642. The molecule has 1 rings (SSSR count). The Kier molecular flexibility index (Phi) is 6.59. The van der Waals surface area contributed by atoms with E-state index in [9.17, 15) is 4.21 Å². The van der Waals surface area contributed by atoms with E-state index in [2.05, 4.69) is 26.1 Å². The fourth-order valence-corrected chi connectivity index (χ4v) is 4.47. The van der Waals surface area contributed by atoms with Gasteiger partial charge in [0.15, 0.2) is 0 Å². The van der Waals surface area contributed by atoms with Crippen LogP contribution >= 0.6 is 0 Å². The standard InChI is InChI=1S/C13H27NOS/c1-4-14-12-8-6-5-7-9-13(12)16(15)10-11(2)3/h11-14H,4-10H2,1-3H3. The van der Waals surface area contributed by atoms with Crippen molar-refractivity contribution in [2.24, 2.45) is 5.92 Å². The monoisotopic (exact) mass is 245 g/mol. The van der Waals surface area contributed by atoms with Crippen molar-refractivity contribution < 1.29 is 4.21 Å². The smallest absolute Gasteiger partial charge is 0.0501 e. The van der Waals surface area contributed by atoms with Crippen molar-refractivity contribution in [3.63, 3.8) is 0 Å². The molecule has 0 aromatic rings. The molecular formula is C13H27NOS. The number of hydrogen-bond acceptors (Lipinski definition) is 2. The SMILES string of the molecule is CCNC1CCCCCC1S(=O)CC(C)C. The Morgan fingerprint density at radius 3 is 2.56 bits per heavy atom. The molecule has 0 saturated heterocycles. The molecule has 1 N–H and O–H groups in total. The zero-order chi connectivity index (χ0) is 12.0. The lowest BCUT2D eigenvalue weighted by Crippen LogP contribution is -2.42. The highest BCUT2D eigenvalue weighted by Crippen LogP contribution is 2.23. The third kappa shape index (κ3) is 4.54. The van der Waals surface area contributed by atoms with Crippen LogP contribution in [-0.2, 0) is 10.8 Å². The van der Waals surface area contributed by atoms with Crippen molar-refractivity contribution in [3.8, 4) is 0 Å². The molecule has 3 heteroatoms. The second-order valence-corrected chi connectivity index (χ2v) is 6.98. The Morgan fingerprint density at radius 1 is 1.25 bits per heavy atom. The molecule has 2 nitrogen and oxygen atoms in total. The lowest BCUT2D eigenvalue weighted by atomic mass is 10.1. The third-order valence-electron chi connectivity index (χ3n) is 3.25. The van der Waals surface area contributed by atoms with Gasteiger partial charge in [-0.2, -0.15) is 0 Å². The van der Waals surface area contributed by atoms with Crippen molar-refractivity contribution in [3.05, 3.63) is 0 Å². The minimum Gasteiger partial charge on any atom is -0.313 e. The van der Waals surface area contributed by atoms with Crippen LogP contribution in [0.5, 0.6) is 0 Å². The second kappa shape index (κ2) is 7.44. The van der Waals surface area contributed by atoms with E-state index in [1.54, 1.807) is 0 Å². The second-order valence-electron chi connectivity index (χ2n) is 5.28. The summed E-state index contributed by atoms with van der Waals surface area (Å²) in [4.78, 5) is 0. The van der Waals surface area contributed by atoms with Gasteiger partial charge in [-0.15, -0.1) is 0 Å². The first-order valence-corrected chi connectivity index (χ1v) is 8.14. The van der Waals surface area contributed by atoms with E-state index in [4.69, 9.17) is 0 Å². The van der Waals surface area contributed by atoms with Crippen molar-refractivity contribution in [2.75, 3.05) is 12.3 Å². The molecule has 1 fully saturated rings. The zero-order valence-corrected chi connectivity index (χ0v) is 11.8. The van der Waals surface area contributed by atoms with Gasteiger partial charge in [-0.1, -0.05) is 40.0 Å². The van der Waals surface area contributed by atoms with Gasteiger partial charge in [0.25, 0.3) is 0 Å². The maximum absolute atomic E-state index is 12.3. The Hall–Kier alpha value is 0.110. The Labute approximate surface area is 103 Å². The molecule has 1 saturated carbocycles. The lowest BCUT2D eigenvalue weighted by Gasteiger charge is -2.25. The van der Waals surface area contributed by atoms with Gasteiger partial charge in [-0.25, -0.2) is 0 Å². The van der Waals surface area contributed by atoms with E-state index in [0.717, 1.165) is 18.7 Å². The highest BCUT2D eigenvalue weighted by atomic mass is 32.2. The number of nitrogens with one attached hydrogen (secondary N) is 1. The van der Waals surface area contributed by atoms with E-state index < -0.39 is 10.8 Å². The van der Waals surface area contributed by atoms with Gasteiger partial charge < -0.3 is 5.32 Å². The maximum Gasteiger partial charge on any atom is 0.0501 e. The summed E-state index contributed by atoms with van der Waals surface area (Å²) in [7, 11) is -0.642. The van der Waals surface area contributed by atoms with Crippen LogP contribution in [-0.4, -0.2) is 27.8 Å². The van der Waals surface area contributed by atoms with Crippen molar-refractivity contribution in [2.45, 2.75) is 64.2 Å². The predicted octanol–water partition coefficient (Wildman–Crippen LogP) is 2.70. The zero-order valence-electron chi connectivity index (χ0n) is 11.0. The fourth-order valence-electron chi connectivity index (χ4n) is 2.54. The highest BCUT2D eigenvalue weighted by Gasteiger charge is 2.27. The van der Waals surface area contributed by atoms with Crippen molar-refractivity contribution in [1.29, 1.82) is 0 Å². The summed E-state index contributed by atoms with van der Waals surface area (Å²) < 4.78 is 12.3. The van der Waals surface area contributed by atoms with E-state index in [1.165, 1.54) is 25.7 Å². The fraction of sp³-hybridized carbons (Fsp3) is 1.00. The average molecular weight is 245 g/mol. The summed E-state index contributed by atoms with van der Waals surface area (Å²) in [5, 5.41) is 3.93. The molecule has 0 aliphatic heterocycles. The number of rotatable bonds is 5. The van der Waals surface area contributed by atoms with Gasteiger partial charge in [-0.3, -0.25) is 4.21 Å². The summed E-state index contributed by atoms with van der Waals surface area (Å²) in [6.45, 7) is 7.47. The molecule has 0 bridgehead atoms. The molecule has 0 spiro atoms. The maximum atomic E-state index is 12.3. The van der Waals surface area contributed by atoms with Crippen LogP contribution in [0.2, 0.25) is 0 Å². The molecule has 96 valence electrons. The van der Waals surface area contributed by atoms with Crippen molar-refractivity contribution in [1.82, 2.24) is 5.32 Å². The summed E-state index contributed by atoms with van der Waals surface area (Å²) in [5.41, 5.74) is 0. The average Bonchev–Trinajstić information content (AvgIpc) is 2.42. The largest absolute Gasteiger partial charge is 0.313 e. The van der Waals surface area contributed by atoms with Crippen LogP contribution < -0.4 is 5.32 Å². The summed E-state index contributed by atoms with van der Waals surface area (Å²) in [6, 6.07) is 0.493. The van der Waals surface area contributed by atoms with Crippen LogP contribution in [0.3, 0.4) is 0 Å². The summed E-state index contributed by atoms with van der Waals surface area (Å²) in [5.74, 6) is 1.42. The molecular weight excluding hydrogens is 218 g/mol. The van der Waals surface area contributed by atoms with Crippen LogP contribution in [0.25, 0.3) is 0 Å². The van der Waals surface area contributed by atoms with Crippen LogP contribution in [0.4, 0.5) is 0 Å². The van der Waals surface area contributed by atoms with Gasteiger partial charge >= 0.3 is 0 Å². The molecule has 0 heterocycles. The molecule has 0 amide bonds. The molecule has 3 unspecified atom stereocenters. The van der Waals surface area contributed by atoms with Gasteiger partial charge in [0.1, 0.15) is 0 Å². The molecule has 0 aromatic heterocycles. The van der Waals surface area contributed by atoms with E-state index in [-0.39, 0.29) is 0 Å². The van der Waals surface area contributed by atoms with E-state index in [0.29, 0.717) is 17.2 Å². The topological polar surface area (TPSA) is 29.1 Å². The summed E-state index contributed by atoms with van der Waals surface area (Å²) in [6.07, 6.45) is 6.24. The first-order chi connectivity index (χ1) is 7.65. The third-order valence-corrected chi connectivity index (χ3v) is 5.49. The van der Waals surface area contributed by atoms with Gasteiger partial charge in [0.2, 0.25) is 0 Å². The highest BCUT2D eigenvalue weighted by molar-refractivity contribution is 7.85. The van der Waals surface area contributed by atoms with Crippen LogP contribution in [0.15, 0.2) is 0 Å². The molecule has 0 radical (unpaired) electrons. The van der Waals surface area contributed by atoms with Crippen LogP contribution in [0, 0.1) is 5.92 Å².